The topological polar surface area (TPSA) is 68.3 Å². The molecule has 1 saturated heterocycles. The van der Waals surface area contributed by atoms with E-state index in [2.05, 4.69) is 27.0 Å². The fourth-order valence-corrected chi connectivity index (χ4v) is 6.91. The molecule has 2 aliphatic rings. The predicted molar refractivity (Wildman–Crippen MR) is 146 cm³/mol. The van der Waals surface area contributed by atoms with Gasteiger partial charge in [-0.1, -0.05) is 25.1 Å². The van der Waals surface area contributed by atoms with Crippen LogP contribution in [0, 0.1) is 11.8 Å². The molecule has 10 heteroatoms. The molecule has 210 valence electrons. The monoisotopic (exact) mass is 550 g/mol. The second-order valence-electron chi connectivity index (χ2n) is 11.8. The molecule has 1 unspecified atom stereocenters. The Kier molecular flexibility index (Phi) is 6.56. The number of rotatable bonds is 5. The quantitative estimate of drug-likeness (QED) is 0.346. The van der Waals surface area contributed by atoms with E-state index in [-0.39, 0.29) is 22.5 Å². The molecule has 3 aromatic heterocycles. The van der Waals surface area contributed by atoms with Crippen LogP contribution in [0.25, 0.3) is 16.8 Å². The van der Waals surface area contributed by atoms with Crippen molar-refractivity contribution in [2.24, 2.45) is 18.9 Å². The summed E-state index contributed by atoms with van der Waals surface area (Å²) in [5.41, 5.74) is 0.312. The Labute approximate surface area is 230 Å². The summed E-state index contributed by atoms with van der Waals surface area (Å²) in [6.45, 7) is 4.01. The van der Waals surface area contributed by atoms with Crippen molar-refractivity contribution in [3.8, 4) is 11.1 Å². The second-order valence-corrected chi connectivity index (χ2v) is 11.8. The van der Waals surface area contributed by atoms with Crippen LogP contribution in [0.15, 0.2) is 53.8 Å². The highest BCUT2D eigenvalue weighted by Crippen LogP contribution is 2.51. The summed E-state index contributed by atoms with van der Waals surface area (Å²) in [5, 5.41) is 8.49. The van der Waals surface area contributed by atoms with E-state index in [9.17, 15) is 18.0 Å². The van der Waals surface area contributed by atoms with E-state index in [4.69, 9.17) is 0 Å². The van der Waals surface area contributed by atoms with Crippen molar-refractivity contribution in [1.29, 1.82) is 0 Å². The van der Waals surface area contributed by atoms with E-state index in [1.54, 1.807) is 12.5 Å². The van der Waals surface area contributed by atoms with Gasteiger partial charge in [-0.25, -0.2) is 4.98 Å². The normalized spacial score (nSPS) is 23.9. The molecule has 6 rings (SSSR count). The van der Waals surface area contributed by atoms with E-state index in [1.165, 1.54) is 12.3 Å². The Morgan fingerprint density at radius 2 is 1.95 bits per heavy atom. The largest absolute Gasteiger partial charge is 0.419 e. The van der Waals surface area contributed by atoms with Crippen LogP contribution >= 0.6 is 0 Å². The van der Waals surface area contributed by atoms with Gasteiger partial charge in [0.1, 0.15) is 12.2 Å². The maximum Gasteiger partial charge on any atom is 0.419 e. The molecule has 4 heterocycles. The second kappa shape index (κ2) is 9.83. The Balaban J connectivity index is 1.45. The lowest BCUT2D eigenvalue weighted by Crippen LogP contribution is -2.43. The van der Waals surface area contributed by atoms with Crippen LogP contribution in [0.3, 0.4) is 0 Å². The zero-order valence-corrected chi connectivity index (χ0v) is 22.9. The van der Waals surface area contributed by atoms with Gasteiger partial charge in [-0.3, -0.25) is 9.20 Å². The molecular weight excluding hydrogens is 517 g/mol. The summed E-state index contributed by atoms with van der Waals surface area (Å²) < 4.78 is 45.5. The molecular formula is C30H33F3N6O. The number of halogens is 3. The van der Waals surface area contributed by atoms with Gasteiger partial charge in [-0.2, -0.15) is 13.2 Å². The van der Waals surface area contributed by atoms with Crippen molar-refractivity contribution < 1.29 is 13.2 Å². The lowest BCUT2D eigenvalue weighted by Gasteiger charge is -2.46. The van der Waals surface area contributed by atoms with Crippen LogP contribution in [0.2, 0.25) is 0 Å². The Morgan fingerprint density at radius 1 is 1.15 bits per heavy atom. The number of likely N-dealkylation sites (tertiary alicyclic amines) is 1. The summed E-state index contributed by atoms with van der Waals surface area (Å²) in [7, 11) is 3.95. The molecule has 0 radical (unpaired) electrons. The van der Waals surface area contributed by atoms with E-state index in [1.807, 2.05) is 42.9 Å². The maximum absolute atomic E-state index is 14.1. The van der Waals surface area contributed by atoms with Crippen LogP contribution in [0.5, 0.6) is 0 Å². The first-order chi connectivity index (χ1) is 19.0. The average Bonchev–Trinajstić information content (AvgIpc) is 3.32. The molecule has 1 aromatic carbocycles. The first-order valence-corrected chi connectivity index (χ1v) is 13.8. The van der Waals surface area contributed by atoms with Gasteiger partial charge in [0.25, 0.3) is 5.56 Å². The molecule has 1 atom stereocenters. The number of piperidine rings is 1. The number of pyridine rings is 1. The van der Waals surface area contributed by atoms with E-state index >= 15 is 0 Å². The molecule has 0 amide bonds. The van der Waals surface area contributed by atoms with Crippen molar-refractivity contribution in [3.05, 3.63) is 81.9 Å². The minimum Gasteiger partial charge on any atom is -0.320 e. The van der Waals surface area contributed by atoms with Crippen molar-refractivity contribution in [1.82, 2.24) is 29.0 Å². The van der Waals surface area contributed by atoms with Gasteiger partial charge in [0.15, 0.2) is 5.65 Å². The predicted octanol–water partition coefficient (Wildman–Crippen LogP) is 5.11. The van der Waals surface area contributed by atoms with Crippen LogP contribution in [0.4, 0.5) is 13.2 Å². The van der Waals surface area contributed by atoms with Gasteiger partial charge in [0.2, 0.25) is 0 Å². The van der Waals surface area contributed by atoms with Gasteiger partial charge in [-0.05, 0) is 86.4 Å². The Hall–Kier alpha value is -3.53. The highest BCUT2D eigenvalue weighted by molar-refractivity contribution is 5.66. The SMILES string of the molecule is CC1CC(c2cccc(-c3cnc4c(C(F)(F)F)cc(CC5CCCN(C)C5)cn4c3=O)c2)(c2nncn2C)C1. The zero-order valence-electron chi connectivity index (χ0n) is 22.9. The van der Waals surface area contributed by atoms with Crippen LogP contribution in [-0.2, 0) is 25.1 Å². The third kappa shape index (κ3) is 4.62. The standard InChI is InChI=1S/C30H33F3N6O/c1-19-13-29(14-19,28-36-35-18-38(28)3)23-8-4-7-22(12-23)24-15-34-26-25(30(31,32)33)11-21(17-39(26)27(24)40)10-20-6-5-9-37(2)16-20/h4,7-8,11-12,15,17-20H,5-6,9-10,13-14,16H2,1-3H3. The number of hydrogen-bond donors (Lipinski definition) is 0. The van der Waals surface area contributed by atoms with E-state index in [0.29, 0.717) is 23.5 Å². The van der Waals surface area contributed by atoms with Gasteiger partial charge in [0.05, 0.1) is 16.5 Å². The van der Waals surface area contributed by atoms with Gasteiger partial charge < -0.3 is 9.47 Å². The number of aryl methyl sites for hydroxylation is 1. The van der Waals surface area contributed by atoms with Crippen molar-refractivity contribution in [2.75, 3.05) is 20.1 Å². The number of fused-ring (bicyclic) bond motifs is 1. The van der Waals surface area contributed by atoms with Gasteiger partial charge in [0, 0.05) is 26.0 Å². The molecule has 2 fully saturated rings. The summed E-state index contributed by atoms with van der Waals surface area (Å²) in [6.07, 6.45) is 4.12. The number of nitrogens with zero attached hydrogens (tertiary/aromatic N) is 6. The lowest BCUT2D eigenvalue weighted by atomic mass is 9.58. The van der Waals surface area contributed by atoms with Crippen molar-refractivity contribution in [2.45, 2.75) is 50.6 Å². The minimum atomic E-state index is -4.63. The first-order valence-electron chi connectivity index (χ1n) is 13.8. The fraction of sp³-hybridized carbons (Fsp3) is 0.467. The van der Waals surface area contributed by atoms with Crippen LogP contribution in [0.1, 0.15) is 55.1 Å². The zero-order chi connectivity index (χ0) is 28.2. The molecule has 0 spiro atoms. The van der Waals surface area contributed by atoms with Gasteiger partial charge in [-0.15, -0.1) is 10.2 Å². The van der Waals surface area contributed by atoms with Crippen LogP contribution < -0.4 is 5.56 Å². The Bertz CT molecular complexity index is 1620. The van der Waals surface area contributed by atoms with E-state index in [0.717, 1.165) is 54.6 Å². The summed E-state index contributed by atoms with van der Waals surface area (Å²) in [6, 6.07) is 8.85. The smallest absolute Gasteiger partial charge is 0.320 e. The number of benzene rings is 1. The fourth-order valence-electron chi connectivity index (χ4n) is 6.91. The summed E-state index contributed by atoms with van der Waals surface area (Å²) in [5.74, 6) is 1.61. The molecule has 4 aromatic rings. The van der Waals surface area contributed by atoms with Crippen molar-refractivity contribution in [3.63, 3.8) is 0 Å². The molecule has 1 aliphatic heterocycles. The highest BCUT2D eigenvalue weighted by atomic mass is 19.4. The van der Waals surface area contributed by atoms with E-state index < -0.39 is 17.3 Å². The third-order valence-corrected chi connectivity index (χ3v) is 8.67. The van der Waals surface area contributed by atoms with Crippen LogP contribution in [-0.4, -0.2) is 49.2 Å². The minimum absolute atomic E-state index is 0.238. The average molecular weight is 551 g/mol. The molecule has 0 N–H and O–H groups in total. The summed E-state index contributed by atoms with van der Waals surface area (Å²) in [4.78, 5) is 20.2. The molecule has 0 bridgehead atoms. The number of hydrogen-bond acceptors (Lipinski definition) is 5. The number of alkyl halides is 3. The Morgan fingerprint density at radius 3 is 2.62 bits per heavy atom. The molecule has 7 nitrogen and oxygen atoms in total. The number of aromatic nitrogens is 5. The molecule has 40 heavy (non-hydrogen) atoms. The summed E-state index contributed by atoms with van der Waals surface area (Å²) >= 11 is 0. The first kappa shape index (κ1) is 26.7. The molecule has 1 saturated carbocycles. The molecule has 1 aliphatic carbocycles. The van der Waals surface area contributed by atoms with Crippen molar-refractivity contribution >= 4 is 5.65 Å². The third-order valence-electron chi connectivity index (χ3n) is 8.67. The maximum atomic E-state index is 14.1. The highest BCUT2D eigenvalue weighted by Gasteiger charge is 2.48. The lowest BCUT2D eigenvalue weighted by molar-refractivity contribution is -0.136. The van der Waals surface area contributed by atoms with Gasteiger partial charge >= 0.3 is 6.18 Å².